The number of fused-ring (bicyclic) bond motifs is 1. The highest BCUT2D eigenvalue weighted by atomic mass is 19.4. The van der Waals surface area contributed by atoms with Crippen LogP contribution in [-0.2, 0) is 11.3 Å². The van der Waals surface area contributed by atoms with Crippen molar-refractivity contribution in [3.63, 3.8) is 0 Å². The summed E-state index contributed by atoms with van der Waals surface area (Å²) in [4.78, 5) is 12.8. The molecule has 2 rings (SSSR count). The SMILES string of the molecule is C=CCN(CC(F)(F)F)C(=O)Cn1ccc2ccccc21. The van der Waals surface area contributed by atoms with Crippen molar-refractivity contribution in [2.75, 3.05) is 13.1 Å². The smallest absolute Gasteiger partial charge is 0.338 e. The normalized spacial score (nSPS) is 11.6. The van der Waals surface area contributed by atoms with Crippen molar-refractivity contribution in [2.45, 2.75) is 12.7 Å². The first-order valence-corrected chi connectivity index (χ1v) is 6.40. The third-order valence-electron chi connectivity index (χ3n) is 3.06. The summed E-state index contributed by atoms with van der Waals surface area (Å²) in [6.45, 7) is 1.87. The highest BCUT2D eigenvalue weighted by Gasteiger charge is 2.32. The third kappa shape index (κ3) is 3.87. The average Bonchev–Trinajstić information content (AvgIpc) is 2.80. The number of benzene rings is 1. The van der Waals surface area contributed by atoms with E-state index in [1.54, 1.807) is 10.8 Å². The topological polar surface area (TPSA) is 25.2 Å². The second-order valence-corrected chi connectivity index (χ2v) is 4.68. The van der Waals surface area contributed by atoms with Crippen LogP contribution in [0, 0.1) is 0 Å². The minimum Gasteiger partial charge on any atom is -0.338 e. The molecule has 0 atom stereocenters. The maximum absolute atomic E-state index is 12.5. The van der Waals surface area contributed by atoms with Crippen molar-refractivity contribution < 1.29 is 18.0 Å². The fraction of sp³-hybridized carbons (Fsp3) is 0.267. The van der Waals surface area contributed by atoms with Gasteiger partial charge in [0.25, 0.3) is 0 Å². The van der Waals surface area contributed by atoms with Gasteiger partial charge in [-0.3, -0.25) is 4.79 Å². The van der Waals surface area contributed by atoms with Crippen molar-refractivity contribution in [2.24, 2.45) is 0 Å². The van der Waals surface area contributed by atoms with E-state index in [-0.39, 0.29) is 13.1 Å². The van der Waals surface area contributed by atoms with Gasteiger partial charge in [-0.15, -0.1) is 6.58 Å². The monoisotopic (exact) mass is 296 g/mol. The molecule has 0 N–H and O–H groups in total. The molecule has 0 aliphatic rings. The van der Waals surface area contributed by atoms with Gasteiger partial charge in [-0.2, -0.15) is 13.2 Å². The Kier molecular flexibility index (Phi) is 4.35. The lowest BCUT2D eigenvalue weighted by Crippen LogP contribution is -2.40. The molecule has 1 amide bonds. The first-order chi connectivity index (χ1) is 9.90. The van der Waals surface area contributed by atoms with E-state index in [0.29, 0.717) is 0 Å². The van der Waals surface area contributed by atoms with Crippen molar-refractivity contribution in [3.05, 3.63) is 49.2 Å². The molecular formula is C15H15F3N2O. The number of hydrogen-bond acceptors (Lipinski definition) is 1. The van der Waals surface area contributed by atoms with Crippen LogP contribution >= 0.6 is 0 Å². The maximum Gasteiger partial charge on any atom is 0.406 e. The standard InChI is InChI=1S/C15H15F3N2O/c1-2-8-20(11-15(16,17)18)14(21)10-19-9-7-12-5-3-4-6-13(12)19/h2-7,9H,1,8,10-11H2. The molecule has 1 aromatic carbocycles. The van der Waals surface area contributed by atoms with Gasteiger partial charge in [-0.05, 0) is 17.5 Å². The number of alkyl halides is 3. The van der Waals surface area contributed by atoms with Gasteiger partial charge >= 0.3 is 6.18 Å². The molecule has 0 unspecified atom stereocenters. The molecule has 0 aliphatic heterocycles. The summed E-state index contributed by atoms with van der Waals surface area (Å²) in [6, 6.07) is 9.21. The summed E-state index contributed by atoms with van der Waals surface area (Å²) >= 11 is 0. The lowest BCUT2D eigenvalue weighted by atomic mass is 10.2. The number of rotatable bonds is 5. The van der Waals surface area contributed by atoms with Gasteiger partial charge in [0.2, 0.25) is 5.91 Å². The summed E-state index contributed by atoms with van der Waals surface area (Å²) < 4.78 is 39.1. The van der Waals surface area contributed by atoms with E-state index in [4.69, 9.17) is 0 Å². The predicted octanol–water partition coefficient (Wildman–Crippen LogP) is 3.22. The highest BCUT2D eigenvalue weighted by molar-refractivity contribution is 5.83. The van der Waals surface area contributed by atoms with Crippen LogP contribution in [0.4, 0.5) is 13.2 Å². The Morgan fingerprint density at radius 2 is 2.00 bits per heavy atom. The Labute approximate surface area is 120 Å². The second-order valence-electron chi connectivity index (χ2n) is 4.68. The van der Waals surface area contributed by atoms with Crippen LogP contribution in [0.1, 0.15) is 0 Å². The molecule has 0 fully saturated rings. The fourth-order valence-corrected chi connectivity index (χ4v) is 2.15. The largest absolute Gasteiger partial charge is 0.406 e. The second kappa shape index (κ2) is 6.03. The molecule has 0 aliphatic carbocycles. The number of carbonyl (C=O) groups excluding carboxylic acids is 1. The van der Waals surface area contributed by atoms with Crippen LogP contribution in [0.15, 0.2) is 49.2 Å². The summed E-state index contributed by atoms with van der Waals surface area (Å²) in [7, 11) is 0. The Morgan fingerprint density at radius 1 is 1.29 bits per heavy atom. The van der Waals surface area contributed by atoms with Gasteiger partial charge in [0.1, 0.15) is 13.1 Å². The Morgan fingerprint density at radius 3 is 2.67 bits per heavy atom. The number of hydrogen-bond donors (Lipinski definition) is 0. The summed E-state index contributed by atoms with van der Waals surface area (Å²) in [6.07, 6.45) is -1.43. The van der Waals surface area contributed by atoms with E-state index in [9.17, 15) is 18.0 Å². The summed E-state index contributed by atoms with van der Waals surface area (Å²) in [5.74, 6) is -0.589. The van der Waals surface area contributed by atoms with Crippen LogP contribution in [0.3, 0.4) is 0 Å². The van der Waals surface area contributed by atoms with Crippen LogP contribution in [0.25, 0.3) is 10.9 Å². The Balaban J connectivity index is 2.16. The summed E-state index contributed by atoms with van der Waals surface area (Å²) in [5.41, 5.74) is 0.816. The quantitative estimate of drug-likeness (QED) is 0.778. The van der Waals surface area contributed by atoms with Crippen LogP contribution in [0.5, 0.6) is 0 Å². The van der Waals surface area contributed by atoms with E-state index in [1.807, 2.05) is 30.3 Å². The molecule has 0 saturated carbocycles. The minimum atomic E-state index is -4.42. The molecule has 112 valence electrons. The molecule has 21 heavy (non-hydrogen) atoms. The number of aromatic nitrogens is 1. The van der Waals surface area contributed by atoms with Crippen molar-refractivity contribution in [1.29, 1.82) is 0 Å². The number of nitrogens with zero attached hydrogens (tertiary/aromatic N) is 2. The van der Waals surface area contributed by atoms with Gasteiger partial charge < -0.3 is 9.47 Å². The molecule has 6 heteroatoms. The van der Waals surface area contributed by atoms with Crippen LogP contribution < -0.4 is 0 Å². The van der Waals surface area contributed by atoms with E-state index < -0.39 is 18.6 Å². The molecular weight excluding hydrogens is 281 g/mol. The molecule has 3 nitrogen and oxygen atoms in total. The zero-order valence-electron chi connectivity index (χ0n) is 11.3. The first kappa shape index (κ1) is 15.2. The van der Waals surface area contributed by atoms with E-state index >= 15 is 0 Å². The molecule has 2 aromatic rings. The Hall–Kier alpha value is -2.24. The van der Waals surface area contributed by atoms with Crippen LogP contribution in [0.2, 0.25) is 0 Å². The van der Waals surface area contributed by atoms with Crippen molar-refractivity contribution in [1.82, 2.24) is 9.47 Å². The zero-order chi connectivity index (χ0) is 15.5. The molecule has 1 aromatic heterocycles. The first-order valence-electron chi connectivity index (χ1n) is 6.40. The molecule has 1 heterocycles. The van der Waals surface area contributed by atoms with E-state index in [2.05, 4.69) is 6.58 Å². The fourth-order valence-electron chi connectivity index (χ4n) is 2.15. The van der Waals surface area contributed by atoms with E-state index in [0.717, 1.165) is 15.8 Å². The van der Waals surface area contributed by atoms with Crippen LogP contribution in [-0.4, -0.2) is 34.6 Å². The van der Waals surface area contributed by atoms with Crippen molar-refractivity contribution >= 4 is 16.8 Å². The van der Waals surface area contributed by atoms with Gasteiger partial charge in [0, 0.05) is 18.3 Å². The predicted molar refractivity (Wildman–Crippen MR) is 74.8 cm³/mol. The van der Waals surface area contributed by atoms with Crippen molar-refractivity contribution in [3.8, 4) is 0 Å². The number of amides is 1. The molecule has 0 radical (unpaired) electrons. The van der Waals surface area contributed by atoms with Gasteiger partial charge in [0.15, 0.2) is 0 Å². The number of carbonyl (C=O) groups is 1. The lowest BCUT2D eigenvalue weighted by Gasteiger charge is -2.23. The molecule has 0 bridgehead atoms. The highest BCUT2D eigenvalue weighted by Crippen LogP contribution is 2.18. The molecule has 0 saturated heterocycles. The minimum absolute atomic E-state index is 0.127. The number of para-hydroxylation sites is 1. The average molecular weight is 296 g/mol. The van der Waals surface area contributed by atoms with Gasteiger partial charge in [-0.1, -0.05) is 24.3 Å². The molecule has 0 spiro atoms. The zero-order valence-corrected chi connectivity index (χ0v) is 11.3. The van der Waals surface area contributed by atoms with Gasteiger partial charge in [0.05, 0.1) is 0 Å². The third-order valence-corrected chi connectivity index (χ3v) is 3.06. The lowest BCUT2D eigenvalue weighted by molar-refractivity contribution is -0.160. The van der Waals surface area contributed by atoms with Gasteiger partial charge in [-0.25, -0.2) is 0 Å². The van der Waals surface area contributed by atoms with E-state index in [1.165, 1.54) is 6.08 Å². The maximum atomic E-state index is 12.5. The number of halogens is 3. The Bertz CT molecular complexity index is 646. The summed E-state index contributed by atoms with van der Waals surface area (Å²) in [5, 5.41) is 0.941.